The molecule has 15 heavy (non-hydrogen) atoms. The van der Waals surface area contributed by atoms with E-state index in [4.69, 9.17) is 5.11 Å². The first kappa shape index (κ1) is 11.5. The smallest absolute Gasteiger partial charge is 0.255 e. The fraction of sp³-hybridized carbons (Fsp3) is 0.364. The lowest BCUT2D eigenvalue weighted by Gasteiger charge is -2.08. The number of rotatable bonds is 3. The Balaban J connectivity index is 2.94. The molecule has 0 saturated carbocycles. The van der Waals surface area contributed by atoms with Crippen LogP contribution in [0.4, 0.5) is 0 Å². The summed E-state index contributed by atoms with van der Waals surface area (Å²) in [5.74, 6) is -0.404. The summed E-state index contributed by atoms with van der Waals surface area (Å²) >= 11 is 0. The molecule has 0 atom stereocenters. The van der Waals surface area contributed by atoms with Crippen LogP contribution in [0.3, 0.4) is 0 Å². The molecule has 0 aliphatic heterocycles. The van der Waals surface area contributed by atoms with Crippen LogP contribution in [0.25, 0.3) is 0 Å². The fourth-order valence-electron chi connectivity index (χ4n) is 1.25. The summed E-state index contributed by atoms with van der Waals surface area (Å²) in [4.78, 5) is 11.5. The van der Waals surface area contributed by atoms with Crippen LogP contribution in [0.1, 0.15) is 21.5 Å². The molecule has 4 nitrogen and oxygen atoms in total. The van der Waals surface area contributed by atoms with Gasteiger partial charge in [-0.3, -0.25) is 4.79 Å². The van der Waals surface area contributed by atoms with Crippen LogP contribution in [0, 0.1) is 13.8 Å². The quantitative estimate of drug-likeness (QED) is 0.687. The van der Waals surface area contributed by atoms with Crippen LogP contribution in [0.2, 0.25) is 0 Å². The molecule has 0 unspecified atom stereocenters. The van der Waals surface area contributed by atoms with Gasteiger partial charge in [0.05, 0.1) is 12.2 Å². The SMILES string of the molecule is Cc1cc(O)c(C(=O)NCCO)cc1C. The van der Waals surface area contributed by atoms with Crippen molar-refractivity contribution in [2.24, 2.45) is 0 Å². The lowest BCUT2D eigenvalue weighted by Crippen LogP contribution is -2.26. The second kappa shape index (κ2) is 4.79. The van der Waals surface area contributed by atoms with E-state index in [2.05, 4.69) is 5.32 Å². The topological polar surface area (TPSA) is 69.6 Å². The molecular formula is C11H15NO3. The third-order valence-electron chi connectivity index (χ3n) is 2.25. The Kier molecular flexibility index (Phi) is 3.68. The van der Waals surface area contributed by atoms with E-state index in [1.807, 2.05) is 13.8 Å². The van der Waals surface area contributed by atoms with Crippen LogP contribution in [-0.4, -0.2) is 29.3 Å². The lowest BCUT2D eigenvalue weighted by molar-refractivity contribution is 0.0942. The molecule has 4 heteroatoms. The van der Waals surface area contributed by atoms with Gasteiger partial charge in [0.15, 0.2) is 0 Å². The average Bonchev–Trinajstić information content (AvgIpc) is 2.20. The van der Waals surface area contributed by atoms with E-state index in [1.54, 1.807) is 12.1 Å². The van der Waals surface area contributed by atoms with Gasteiger partial charge in [-0.2, -0.15) is 0 Å². The zero-order chi connectivity index (χ0) is 11.4. The number of benzene rings is 1. The van der Waals surface area contributed by atoms with Gasteiger partial charge in [0.1, 0.15) is 5.75 Å². The number of nitrogens with one attached hydrogen (secondary N) is 1. The average molecular weight is 209 g/mol. The van der Waals surface area contributed by atoms with Crippen molar-refractivity contribution in [3.63, 3.8) is 0 Å². The summed E-state index contributed by atoms with van der Waals surface area (Å²) in [6, 6.07) is 3.20. The Morgan fingerprint density at radius 3 is 2.53 bits per heavy atom. The predicted molar refractivity (Wildman–Crippen MR) is 57.0 cm³/mol. The number of hydrogen-bond acceptors (Lipinski definition) is 3. The first-order valence-electron chi connectivity index (χ1n) is 4.75. The van der Waals surface area contributed by atoms with Gasteiger partial charge >= 0.3 is 0 Å². The molecule has 0 radical (unpaired) electrons. The fourth-order valence-corrected chi connectivity index (χ4v) is 1.25. The highest BCUT2D eigenvalue weighted by Crippen LogP contribution is 2.21. The van der Waals surface area contributed by atoms with Gasteiger partial charge in [-0.25, -0.2) is 0 Å². The second-order valence-corrected chi connectivity index (χ2v) is 3.43. The number of carbonyl (C=O) groups excluding carboxylic acids is 1. The van der Waals surface area contributed by atoms with Gasteiger partial charge in [0, 0.05) is 6.54 Å². The van der Waals surface area contributed by atoms with Gasteiger partial charge in [-0.15, -0.1) is 0 Å². The number of phenolic OH excluding ortho intramolecular Hbond substituents is 1. The lowest BCUT2D eigenvalue weighted by atomic mass is 10.0. The van der Waals surface area contributed by atoms with Crippen LogP contribution < -0.4 is 5.32 Å². The molecule has 0 aliphatic carbocycles. The number of carbonyl (C=O) groups is 1. The predicted octanol–water partition coefficient (Wildman–Crippen LogP) is 0.731. The Morgan fingerprint density at radius 1 is 1.33 bits per heavy atom. The number of phenols is 1. The molecule has 1 aromatic rings. The molecule has 0 spiro atoms. The number of amides is 1. The number of aliphatic hydroxyl groups is 1. The summed E-state index contributed by atoms with van der Waals surface area (Å²) < 4.78 is 0. The molecular weight excluding hydrogens is 194 g/mol. The summed E-state index contributed by atoms with van der Waals surface area (Å²) in [5, 5.41) is 20.6. The molecule has 1 amide bonds. The van der Waals surface area contributed by atoms with Crippen LogP contribution in [0.15, 0.2) is 12.1 Å². The van der Waals surface area contributed by atoms with Crippen LogP contribution >= 0.6 is 0 Å². The van der Waals surface area contributed by atoms with E-state index < -0.39 is 0 Å². The van der Waals surface area contributed by atoms with E-state index in [9.17, 15) is 9.90 Å². The molecule has 82 valence electrons. The van der Waals surface area contributed by atoms with E-state index in [-0.39, 0.29) is 30.4 Å². The van der Waals surface area contributed by atoms with E-state index in [0.717, 1.165) is 11.1 Å². The number of hydrogen-bond donors (Lipinski definition) is 3. The van der Waals surface area contributed by atoms with E-state index in [1.165, 1.54) is 0 Å². The van der Waals surface area contributed by atoms with Crippen LogP contribution in [0.5, 0.6) is 5.75 Å². The third-order valence-corrected chi connectivity index (χ3v) is 2.25. The molecule has 1 aromatic carbocycles. The van der Waals surface area contributed by atoms with Gasteiger partial charge in [-0.1, -0.05) is 0 Å². The summed E-state index contributed by atoms with van der Waals surface area (Å²) in [7, 11) is 0. The van der Waals surface area contributed by atoms with Gasteiger partial charge < -0.3 is 15.5 Å². The van der Waals surface area contributed by atoms with Crippen molar-refractivity contribution in [3.8, 4) is 5.75 Å². The second-order valence-electron chi connectivity index (χ2n) is 3.43. The van der Waals surface area contributed by atoms with Crippen molar-refractivity contribution >= 4 is 5.91 Å². The Labute approximate surface area is 88.6 Å². The highest BCUT2D eigenvalue weighted by molar-refractivity contribution is 5.97. The minimum atomic E-state index is -0.371. The normalized spacial score (nSPS) is 10.1. The highest BCUT2D eigenvalue weighted by Gasteiger charge is 2.11. The molecule has 3 N–H and O–H groups in total. The molecule has 0 bridgehead atoms. The largest absolute Gasteiger partial charge is 0.507 e. The zero-order valence-electron chi connectivity index (χ0n) is 8.87. The zero-order valence-corrected chi connectivity index (χ0v) is 8.87. The van der Waals surface area contributed by atoms with Crippen LogP contribution in [-0.2, 0) is 0 Å². The molecule has 0 saturated heterocycles. The maximum absolute atomic E-state index is 11.5. The molecule has 0 aliphatic rings. The van der Waals surface area contributed by atoms with E-state index in [0.29, 0.717) is 0 Å². The molecule has 0 heterocycles. The first-order valence-corrected chi connectivity index (χ1v) is 4.75. The number of aliphatic hydroxyl groups excluding tert-OH is 1. The van der Waals surface area contributed by atoms with Gasteiger partial charge in [-0.05, 0) is 37.1 Å². The standard InChI is InChI=1S/C11H15NO3/c1-7-5-9(10(14)6-8(7)2)11(15)12-3-4-13/h5-6,13-14H,3-4H2,1-2H3,(H,12,15). The molecule has 1 rings (SSSR count). The number of aryl methyl sites for hydroxylation is 2. The summed E-state index contributed by atoms with van der Waals surface area (Å²) in [5.41, 5.74) is 2.12. The molecule has 0 fully saturated rings. The van der Waals surface area contributed by atoms with Crippen molar-refractivity contribution in [1.29, 1.82) is 0 Å². The molecule has 0 aromatic heterocycles. The van der Waals surface area contributed by atoms with Crippen molar-refractivity contribution in [3.05, 3.63) is 28.8 Å². The van der Waals surface area contributed by atoms with Crippen molar-refractivity contribution in [1.82, 2.24) is 5.32 Å². The Bertz CT molecular complexity index is 374. The van der Waals surface area contributed by atoms with E-state index >= 15 is 0 Å². The maximum Gasteiger partial charge on any atom is 0.255 e. The van der Waals surface area contributed by atoms with Gasteiger partial charge in [0.2, 0.25) is 0 Å². The first-order chi connectivity index (χ1) is 7.06. The highest BCUT2D eigenvalue weighted by atomic mass is 16.3. The third kappa shape index (κ3) is 2.70. The maximum atomic E-state index is 11.5. The van der Waals surface area contributed by atoms with Crippen molar-refractivity contribution in [2.45, 2.75) is 13.8 Å². The van der Waals surface area contributed by atoms with Crippen molar-refractivity contribution < 1.29 is 15.0 Å². The van der Waals surface area contributed by atoms with Gasteiger partial charge in [0.25, 0.3) is 5.91 Å². The summed E-state index contributed by atoms with van der Waals surface area (Å²) in [6.07, 6.45) is 0. The Hall–Kier alpha value is -1.55. The minimum absolute atomic E-state index is 0.0338. The number of aromatic hydroxyl groups is 1. The van der Waals surface area contributed by atoms with Crippen molar-refractivity contribution in [2.75, 3.05) is 13.2 Å². The summed E-state index contributed by atoms with van der Waals surface area (Å²) in [6.45, 7) is 3.81. The Morgan fingerprint density at radius 2 is 1.93 bits per heavy atom. The minimum Gasteiger partial charge on any atom is -0.507 e. The monoisotopic (exact) mass is 209 g/mol.